The normalized spacial score (nSPS) is 19.2. The van der Waals surface area contributed by atoms with Crippen molar-refractivity contribution in [2.24, 2.45) is 4.99 Å². The lowest BCUT2D eigenvalue weighted by atomic mass is 9.79. The number of hydrogen-bond donors (Lipinski definition) is 2. The summed E-state index contributed by atoms with van der Waals surface area (Å²) >= 11 is 0. The number of nitrogens with zero attached hydrogens (tertiary/aromatic N) is 5. The lowest BCUT2D eigenvalue weighted by Crippen LogP contribution is -2.59. The number of rotatable bonds is 7. The van der Waals surface area contributed by atoms with E-state index in [9.17, 15) is 0 Å². The van der Waals surface area contributed by atoms with E-state index >= 15 is 0 Å². The van der Waals surface area contributed by atoms with Crippen LogP contribution in [0, 0.1) is 0 Å². The first kappa shape index (κ1) is 25.0. The van der Waals surface area contributed by atoms with Gasteiger partial charge in [0.2, 0.25) is 0 Å². The predicted molar refractivity (Wildman–Crippen MR) is 140 cm³/mol. The molecule has 1 aliphatic carbocycles. The van der Waals surface area contributed by atoms with E-state index < -0.39 is 0 Å². The average molecular weight is 552 g/mol. The first-order valence-corrected chi connectivity index (χ1v) is 11.9. The Kier molecular flexibility index (Phi) is 9.77. The Morgan fingerprint density at radius 2 is 1.78 bits per heavy atom. The average Bonchev–Trinajstić information content (AvgIpc) is 3.34. The summed E-state index contributed by atoms with van der Waals surface area (Å²) in [6, 6.07) is 8.61. The van der Waals surface area contributed by atoms with Crippen LogP contribution in [-0.4, -0.2) is 57.8 Å². The second kappa shape index (κ2) is 12.5. The van der Waals surface area contributed by atoms with E-state index in [1.165, 1.54) is 75.6 Å². The summed E-state index contributed by atoms with van der Waals surface area (Å²) in [4.78, 5) is 11.3. The quantitative estimate of drug-likeness (QED) is 0.311. The lowest BCUT2D eigenvalue weighted by molar-refractivity contribution is 0.0368. The molecule has 4 rings (SSSR count). The smallest absolute Gasteiger partial charge is 0.191 e. The third-order valence-corrected chi connectivity index (χ3v) is 6.88. The van der Waals surface area contributed by atoms with Crippen molar-refractivity contribution >= 4 is 29.9 Å². The molecule has 1 saturated carbocycles. The topological polar surface area (TPSA) is 70.4 Å². The van der Waals surface area contributed by atoms with Gasteiger partial charge in [0.25, 0.3) is 0 Å². The Balaban J connectivity index is 0.00000289. The first-order valence-electron chi connectivity index (χ1n) is 11.9. The molecule has 32 heavy (non-hydrogen) atoms. The van der Waals surface area contributed by atoms with Crippen LogP contribution < -0.4 is 10.6 Å². The van der Waals surface area contributed by atoms with E-state index in [0.717, 1.165) is 25.6 Å². The van der Waals surface area contributed by atoms with Gasteiger partial charge in [-0.15, -0.1) is 24.0 Å². The number of benzene rings is 1. The maximum Gasteiger partial charge on any atom is 0.191 e. The summed E-state index contributed by atoms with van der Waals surface area (Å²) in [5.41, 5.74) is 2.76. The molecule has 1 saturated heterocycles. The fourth-order valence-corrected chi connectivity index (χ4v) is 5.18. The summed E-state index contributed by atoms with van der Waals surface area (Å²) < 4.78 is 1.84. The summed E-state index contributed by atoms with van der Waals surface area (Å²) in [5.74, 6) is 0.892. The van der Waals surface area contributed by atoms with Crippen LogP contribution in [0.3, 0.4) is 0 Å². The van der Waals surface area contributed by atoms with Crippen molar-refractivity contribution in [3.63, 3.8) is 0 Å². The van der Waals surface area contributed by atoms with Gasteiger partial charge in [0.05, 0.1) is 6.54 Å². The summed E-state index contributed by atoms with van der Waals surface area (Å²) in [6.07, 6.45) is 14.1. The summed E-state index contributed by atoms with van der Waals surface area (Å²) in [5, 5.41) is 11.4. The zero-order valence-corrected chi connectivity index (χ0v) is 21.6. The molecular formula is C24H38IN7. The van der Waals surface area contributed by atoms with Gasteiger partial charge >= 0.3 is 0 Å². The molecule has 2 aliphatic rings. The third-order valence-electron chi connectivity index (χ3n) is 6.88. The molecule has 0 bridgehead atoms. The van der Waals surface area contributed by atoms with Gasteiger partial charge in [-0.25, -0.2) is 9.67 Å². The van der Waals surface area contributed by atoms with Gasteiger partial charge < -0.3 is 10.6 Å². The number of nitrogens with one attached hydrogen (secondary N) is 2. The molecule has 2 N–H and O–H groups in total. The molecule has 0 spiro atoms. The summed E-state index contributed by atoms with van der Waals surface area (Å²) in [6.45, 7) is 4.98. The number of guanidine groups is 1. The highest BCUT2D eigenvalue weighted by atomic mass is 127. The molecule has 1 aliphatic heterocycles. The molecule has 176 valence electrons. The molecule has 7 nitrogen and oxygen atoms in total. The first-order chi connectivity index (χ1) is 15.3. The molecular weight excluding hydrogens is 513 g/mol. The largest absolute Gasteiger partial charge is 0.355 e. The van der Waals surface area contributed by atoms with Crippen molar-refractivity contribution in [2.75, 3.05) is 26.7 Å². The number of likely N-dealkylation sites (tertiary alicyclic amines) is 1. The number of hydrogen-bond acceptors (Lipinski definition) is 4. The predicted octanol–water partition coefficient (Wildman–Crippen LogP) is 3.80. The maximum atomic E-state index is 4.50. The number of aromatic nitrogens is 3. The Morgan fingerprint density at radius 3 is 2.50 bits per heavy atom. The third kappa shape index (κ3) is 6.66. The van der Waals surface area contributed by atoms with Gasteiger partial charge in [0.15, 0.2) is 5.96 Å². The van der Waals surface area contributed by atoms with Gasteiger partial charge in [0.1, 0.15) is 12.7 Å². The standard InChI is InChI=1S/C24H37N7.HI/c1-25-23(27-16-21-9-8-10-22(15-21)17-31-20-26-19-29-31)28-18-24(11-4-2-5-12-24)30-13-6-3-7-14-30;/h8-10,15,19-20H,2-7,11-14,16-18H2,1H3,(H2,25,27,28);1H. The molecule has 2 fully saturated rings. The van der Waals surface area contributed by atoms with Crippen LogP contribution in [0.15, 0.2) is 41.9 Å². The van der Waals surface area contributed by atoms with E-state index in [4.69, 9.17) is 0 Å². The molecule has 0 atom stereocenters. The van der Waals surface area contributed by atoms with Gasteiger partial charge in [-0.1, -0.05) is 49.9 Å². The molecule has 2 heterocycles. The Labute approximate surface area is 209 Å². The van der Waals surface area contributed by atoms with Gasteiger partial charge in [-0.3, -0.25) is 9.89 Å². The van der Waals surface area contributed by atoms with Crippen LogP contribution in [0.5, 0.6) is 0 Å². The minimum atomic E-state index is 0. The minimum Gasteiger partial charge on any atom is -0.355 e. The van der Waals surface area contributed by atoms with E-state index in [0.29, 0.717) is 5.54 Å². The van der Waals surface area contributed by atoms with Crippen molar-refractivity contribution in [1.82, 2.24) is 30.3 Å². The molecule has 0 radical (unpaired) electrons. The second-order valence-corrected chi connectivity index (χ2v) is 9.03. The van der Waals surface area contributed by atoms with E-state index in [1.807, 2.05) is 11.7 Å². The zero-order valence-electron chi connectivity index (χ0n) is 19.3. The minimum absolute atomic E-state index is 0. The number of piperidine rings is 1. The molecule has 0 unspecified atom stereocenters. The number of aliphatic imine (C=N–C) groups is 1. The highest BCUT2D eigenvalue weighted by Gasteiger charge is 2.38. The fourth-order valence-electron chi connectivity index (χ4n) is 5.18. The summed E-state index contributed by atoms with van der Waals surface area (Å²) in [7, 11) is 1.87. The van der Waals surface area contributed by atoms with Crippen LogP contribution in [0.2, 0.25) is 0 Å². The maximum absolute atomic E-state index is 4.50. The van der Waals surface area contributed by atoms with Crippen LogP contribution in [-0.2, 0) is 13.1 Å². The lowest BCUT2D eigenvalue weighted by Gasteiger charge is -2.48. The van der Waals surface area contributed by atoms with Gasteiger partial charge in [-0.05, 0) is 49.9 Å². The van der Waals surface area contributed by atoms with Crippen molar-refractivity contribution in [1.29, 1.82) is 0 Å². The van der Waals surface area contributed by atoms with Crippen LogP contribution in [0.25, 0.3) is 0 Å². The molecule has 1 aromatic heterocycles. The van der Waals surface area contributed by atoms with Crippen molar-refractivity contribution in [2.45, 2.75) is 70.0 Å². The SMILES string of the molecule is CN=C(NCc1cccc(Cn2cncn2)c1)NCC1(N2CCCCC2)CCCCC1.I. The van der Waals surface area contributed by atoms with Crippen molar-refractivity contribution in [3.05, 3.63) is 48.0 Å². The van der Waals surface area contributed by atoms with E-state index in [2.05, 4.69) is 54.9 Å². The van der Waals surface area contributed by atoms with Crippen molar-refractivity contribution < 1.29 is 0 Å². The second-order valence-electron chi connectivity index (χ2n) is 9.03. The van der Waals surface area contributed by atoms with Crippen LogP contribution in [0.1, 0.15) is 62.5 Å². The Morgan fingerprint density at radius 1 is 1.03 bits per heavy atom. The van der Waals surface area contributed by atoms with Crippen molar-refractivity contribution in [3.8, 4) is 0 Å². The Bertz CT molecular complexity index is 825. The highest BCUT2D eigenvalue weighted by Crippen LogP contribution is 2.35. The van der Waals surface area contributed by atoms with Crippen LogP contribution >= 0.6 is 24.0 Å². The molecule has 0 amide bonds. The monoisotopic (exact) mass is 551 g/mol. The molecule has 1 aromatic carbocycles. The molecule has 2 aromatic rings. The van der Waals surface area contributed by atoms with Gasteiger partial charge in [-0.2, -0.15) is 5.10 Å². The zero-order chi connectivity index (χ0) is 21.4. The molecule has 8 heteroatoms. The number of halogens is 1. The van der Waals surface area contributed by atoms with E-state index in [-0.39, 0.29) is 24.0 Å². The highest BCUT2D eigenvalue weighted by molar-refractivity contribution is 14.0. The fraction of sp³-hybridized carbons (Fsp3) is 0.625. The van der Waals surface area contributed by atoms with E-state index in [1.54, 1.807) is 12.7 Å². The van der Waals surface area contributed by atoms with Gasteiger partial charge in [0, 0.05) is 25.7 Å². The van der Waals surface area contributed by atoms with Crippen LogP contribution in [0.4, 0.5) is 0 Å². The Hall–Kier alpha value is -1.68.